The molecule has 0 heterocycles. The van der Waals surface area contributed by atoms with Crippen molar-refractivity contribution in [2.75, 3.05) is 10.8 Å². The Balaban J connectivity index is 2.08. The van der Waals surface area contributed by atoms with E-state index >= 15 is 0 Å². The molecule has 3 aromatic carbocycles. The highest BCUT2D eigenvalue weighted by molar-refractivity contribution is 7.92. The molecule has 3 aromatic rings. The molecule has 1 N–H and O–H groups in total. The fraction of sp³-hybridized carbons (Fsp3) is 0.310. The third-order valence-electron chi connectivity index (χ3n) is 5.99. The fourth-order valence-corrected chi connectivity index (χ4v) is 5.83. The van der Waals surface area contributed by atoms with Crippen molar-refractivity contribution in [3.05, 3.63) is 93.7 Å². The van der Waals surface area contributed by atoms with Crippen LogP contribution < -0.4 is 9.62 Å². The van der Waals surface area contributed by atoms with Gasteiger partial charge in [0, 0.05) is 27.7 Å². The summed E-state index contributed by atoms with van der Waals surface area (Å²) in [5.41, 5.74) is 0.479. The van der Waals surface area contributed by atoms with Crippen LogP contribution in [0.25, 0.3) is 0 Å². The lowest BCUT2D eigenvalue weighted by atomic mass is 10.1. The van der Waals surface area contributed by atoms with Crippen LogP contribution in [-0.2, 0) is 26.2 Å². The highest BCUT2D eigenvalue weighted by Crippen LogP contribution is 2.30. The normalized spacial score (nSPS) is 12.5. The van der Waals surface area contributed by atoms with Gasteiger partial charge in [0.05, 0.1) is 10.6 Å². The number of halogens is 3. The summed E-state index contributed by atoms with van der Waals surface area (Å²) < 4.78 is 43.2. The smallest absolute Gasteiger partial charge is 0.264 e. The van der Waals surface area contributed by atoms with E-state index in [1.54, 1.807) is 39.0 Å². The van der Waals surface area contributed by atoms with Gasteiger partial charge in [-0.05, 0) is 71.0 Å². The van der Waals surface area contributed by atoms with Crippen molar-refractivity contribution < 1.29 is 22.4 Å². The van der Waals surface area contributed by atoms with Gasteiger partial charge < -0.3 is 10.2 Å². The van der Waals surface area contributed by atoms with Crippen molar-refractivity contribution in [2.45, 2.75) is 57.6 Å². The lowest BCUT2D eigenvalue weighted by Gasteiger charge is -2.33. The second-order valence-electron chi connectivity index (χ2n) is 10.5. The predicted molar refractivity (Wildman–Crippen MR) is 156 cm³/mol. The van der Waals surface area contributed by atoms with Gasteiger partial charge in [-0.1, -0.05) is 59.1 Å². The van der Waals surface area contributed by atoms with Gasteiger partial charge in [-0.3, -0.25) is 13.9 Å². The predicted octanol–water partition coefficient (Wildman–Crippen LogP) is 5.97. The molecule has 40 heavy (non-hydrogen) atoms. The van der Waals surface area contributed by atoms with Crippen LogP contribution in [0.5, 0.6) is 0 Å². The van der Waals surface area contributed by atoms with Crippen LogP contribution in [0.4, 0.5) is 10.1 Å². The van der Waals surface area contributed by atoms with Crippen molar-refractivity contribution in [1.82, 2.24) is 10.2 Å². The SMILES string of the molecule is Cc1ccc(S(=O)(=O)N(CC(=O)N(Cc2ccccc2F)[C@@H](C)C(=O)NC(C)(C)C)c2cc(Cl)cc(Cl)c2)cc1. The Morgan fingerprint density at radius 2 is 1.55 bits per heavy atom. The summed E-state index contributed by atoms with van der Waals surface area (Å²) in [6.07, 6.45) is 0. The molecular formula is C29H32Cl2FN3O4S. The zero-order valence-electron chi connectivity index (χ0n) is 22.9. The van der Waals surface area contributed by atoms with E-state index < -0.39 is 45.8 Å². The van der Waals surface area contributed by atoms with Gasteiger partial charge in [0.25, 0.3) is 10.0 Å². The Bertz CT molecular complexity index is 1470. The van der Waals surface area contributed by atoms with Crippen LogP contribution in [-0.4, -0.2) is 43.3 Å². The molecule has 2 amide bonds. The number of sulfonamides is 1. The van der Waals surface area contributed by atoms with Gasteiger partial charge in [-0.2, -0.15) is 0 Å². The molecule has 11 heteroatoms. The molecule has 0 spiro atoms. The standard InChI is InChI=1S/C29H32Cl2FN3O4S/c1-19-10-12-25(13-11-19)40(38,39)35(24-15-22(30)14-23(31)16-24)18-27(36)34(17-21-8-6-7-9-26(21)32)20(2)28(37)33-29(3,4)5/h6-16,20H,17-18H2,1-5H3,(H,33,37)/t20-/m0/s1. The number of hydrogen-bond donors (Lipinski definition) is 1. The molecule has 1 atom stereocenters. The minimum Gasteiger partial charge on any atom is -0.350 e. The number of nitrogens with zero attached hydrogens (tertiary/aromatic N) is 2. The topological polar surface area (TPSA) is 86.8 Å². The van der Waals surface area contributed by atoms with Crippen LogP contribution in [0.3, 0.4) is 0 Å². The minimum absolute atomic E-state index is 0.0545. The fourth-order valence-electron chi connectivity index (χ4n) is 3.92. The summed E-state index contributed by atoms with van der Waals surface area (Å²) in [5.74, 6) is -1.77. The van der Waals surface area contributed by atoms with E-state index in [0.717, 1.165) is 14.8 Å². The Morgan fingerprint density at radius 3 is 2.10 bits per heavy atom. The molecule has 0 aliphatic carbocycles. The van der Waals surface area contributed by atoms with Crippen LogP contribution in [0.1, 0.15) is 38.8 Å². The molecule has 0 saturated carbocycles. The van der Waals surface area contributed by atoms with E-state index in [1.807, 2.05) is 6.92 Å². The summed E-state index contributed by atoms with van der Waals surface area (Å²) >= 11 is 12.4. The largest absolute Gasteiger partial charge is 0.350 e. The number of carbonyl (C=O) groups excluding carboxylic acids is 2. The number of anilines is 1. The van der Waals surface area contributed by atoms with Crippen LogP contribution >= 0.6 is 23.2 Å². The van der Waals surface area contributed by atoms with Crippen molar-refractivity contribution in [1.29, 1.82) is 0 Å². The molecule has 7 nitrogen and oxygen atoms in total. The van der Waals surface area contributed by atoms with Crippen LogP contribution in [0, 0.1) is 12.7 Å². The zero-order valence-corrected chi connectivity index (χ0v) is 25.2. The maximum Gasteiger partial charge on any atom is 0.264 e. The van der Waals surface area contributed by atoms with E-state index in [9.17, 15) is 22.4 Å². The molecule has 0 aromatic heterocycles. The summed E-state index contributed by atoms with van der Waals surface area (Å²) in [7, 11) is -4.29. The molecule has 0 aliphatic rings. The van der Waals surface area contributed by atoms with E-state index in [-0.39, 0.29) is 32.7 Å². The first-order valence-corrected chi connectivity index (χ1v) is 14.7. The van der Waals surface area contributed by atoms with Crippen molar-refractivity contribution in [3.8, 4) is 0 Å². The first-order valence-electron chi connectivity index (χ1n) is 12.5. The van der Waals surface area contributed by atoms with Gasteiger partial charge in [-0.15, -0.1) is 0 Å². The average Bonchev–Trinajstić information content (AvgIpc) is 2.84. The monoisotopic (exact) mass is 607 g/mol. The summed E-state index contributed by atoms with van der Waals surface area (Å²) in [5, 5.41) is 3.16. The lowest BCUT2D eigenvalue weighted by Crippen LogP contribution is -2.54. The van der Waals surface area contributed by atoms with Gasteiger partial charge in [0.1, 0.15) is 18.4 Å². The first kappa shape index (κ1) is 31.4. The maximum absolute atomic E-state index is 14.6. The number of benzene rings is 3. The summed E-state index contributed by atoms with van der Waals surface area (Å²) in [6.45, 7) is 7.74. The number of nitrogens with one attached hydrogen (secondary N) is 1. The molecule has 214 valence electrons. The van der Waals surface area contributed by atoms with Crippen molar-refractivity contribution >= 4 is 50.7 Å². The third kappa shape index (κ3) is 7.96. The Labute approximate surface area is 244 Å². The third-order valence-corrected chi connectivity index (χ3v) is 8.21. The first-order chi connectivity index (χ1) is 18.6. The highest BCUT2D eigenvalue weighted by Gasteiger charge is 2.34. The molecule has 3 rings (SSSR count). The quantitative estimate of drug-likeness (QED) is 0.325. The van der Waals surface area contributed by atoms with Crippen LogP contribution in [0.2, 0.25) is 10.0 Å². The molecule has 0 bridgehead atoms. The van der Waals surface area contributed by atoms with Gasteiger partial charge >= 0.3 is 0 Å². The second-order valence-corrected chi connectivity index (χ2v) is 13.2. The number of carbonyl (C=O) groups is 2. The number of hydrogen-bond acceptors (Lipinski definition) is 4. The Hall–Kier alpha value is -3.14. The molecule has 0 radical (unpaired) electrons. The maximum atomic E-state index is 14.6. The highest BCUT2D eigenvalue weighted by atomic mass is 35.5. The molecule has 0 fully saturated rings. The number of aryl methyl sites for hydroxylation is 1. The Kier molecular flexibility index (Phi) is 9.87. The van der Waals surface area contributed by atoms with Crippen molar-refractivity contribution in [3.63, 3.8) is 0 Å². The van der Waals surface area contributed by atoms with E-state index in [4.69, 9.17) is 23.2 Å². The molecule has 0 aliphatic heterocycles. The number of amides is 2. The van der Waals surface area contributed by atoms with Gasteiger partial charge in [0.2, 0.25) is 11.8 Å². The average molecular weight is 609 g/mol. The minimum atomic E-state index is -4.29. The van der Waals surface area contributed by atoms with Gasteiger partial charge in [-0.25, -0.2) is 12.8 Å². The van der Waals surface area contributed by atoms with Crippen molar-refractivity contribution in [2.24, 2.45) is 0 Å². The summed E-state index contributed by atoms with van der Waals surface area (Å²) in [6, 6.07) is 15.2. The Morgan fingerprint density at radius 1 is 0.975 bits per heavy atom. The van der Waals surface area contributed by atoms with Gasteiger partial charge in [0.15, 0.2) is 0 Å². The summed E-state index contributed by atoms with van der Waals surface area (Å²) in [4.78, 5) is 28.1. The molecule has 0 unspecified atom stereocenters. The van der Waals surface area contributed by atoms with E-state index in [2.05, 4.69) is 5.32 Å². The second kappa shape index (κ2) is 12.6. The van der Waals surface area contributed by atoms with E-state index in [1.165, 1.54) is 55.5 Å². The van der Waals surface area contributed by atoms with E-state index in [0.29, 0.717) is 0 Å². The molecule has 0 saturated heterocycles. The molecular weight excluding hydrogens is 576 g/mol. The number of rotatable bonds is 9. The zero-order chi connectivity index (χ0) is 29.8. The van der Waals surface area contributed by atoms with Crippen LogP contribution in [0.15, 0.2) is 71.6 Å². The lowest BCUT2D eigenvalue weighted by molar-refractivity contribution is -0.140.